The summed E-state index contributed by atoms with van der Waals surface area (Å²) in [5.41, 5.74) is -0.0972. The first kappa shape index (κ1) is 19.3. The van der Waals surface area contributed by atoms with Gasteiger partial charge in [0.2, 0.25) is 0 Å². The van der Waals surface area contributed by atoms with Gasteiger partial charge in [-0.15, -0.1) is 0 Å². The Morgan fingerprint density at radius 1 is 0.929 bits per heavy atom. The number of hydrogen-bond acceptors (Lipinski definition) is 1. The Labute approximate surface area is 91.3 Å². The minimum absolute atomic E-state index is 0.0972. The fourth-order valence-corrected chi connectivity index (χ4v) is 0.249. The lowest BCUT2D eigenvalue weighted by molar-refractivity contribution is -0.124. The zero-order valence-electron chi connectivity index (χ0n) is 11.5. The molecule has 0 fully saturated rings. The molecule has 0 amide bonds. The molecule has 0 rings (SSSR count). The zero-order chi connectivity index (χ0) is 12.2. The molecule has 0 aliphatic rings. The third kappa shape index (κ3) is 17.7. The molecule has 88 valence electrons. The van der Waals surface area contributed by atoms with E-state index in [1.165, 1.54) is 12.8 Å². The lowest BCUT2D eigenvalue weighted by atomic mass is 9.86. The van der Waals surface area contributed by atoms with E-state index in [4.69, 9.17) is 0 Å². The van der Waals surface area contributed by atoms with E-state index in [9.17, 15) is 4.79 Å². The number of rotatable bonds is 2. The van der Waals surface area contributed by atoms with Crippen LogP contribution in [0.4, 0.5) is 0 Å². The molecular weight excluding hydrogens is 172 g/mol. The SMILES string of the molecule is CCC.CCC.CCC(C)(C)C(C)=O. The zero-order valence-corrected chi connectivity index (χ0v) is 11.5. The van der Waals surface area contributed by atoms with Crippen LogP contribution in [0, 0.1) is 5.41 Å². The van der Waals surface area contributed by atoms with E-state index >= 15 is 0 Å². The van der Waals surface area contributed by atoms with Crippen molar-refractivity contribution in [1.82, 2.24) is 0 Å². The van der Waals surface area contributed by atoms with E-state index in [0.717, 1.165) is 6.42 Å². The van der Waals surface area contributed by atoms with E-state index in [-0.39, 0.29) is 11.2 Å². The molecule has 14 heavy (non-hydrogen) atoms. The van der Waals surface area contributed by atoms with Crippen molar-refractivity contribution in [2.75, 3.05) is 0 Å². The Morgan fingerprint density at radius 2 is 1.14 bits per heavy atom. The van der Waals surface area contributed by atoms with Gasteiger partial charge >= 0.3 is 0 Å². The second kappa shape index (κ2) is 12.7. The highest BCUT2D eigenvalue weighted by Crippen LogP contribution is 2.19. The second-order valence-corrected chi connectivity index (χ2v) is 4.21. The lowest BCUT2D eigenvalue weighted by Crippen LogP contribution is -2.19. The second-order valence-electron chi connectivity index (χ2n) is 4.21. The van der Waals surface area contributed by atoms with E-state index in [1.54, 1.807) is 6.92 Å². The Bertz CT molecular complexity index is 112. The fraction of sp³-hybridized carbons (Fsp3) is 0.923. The van der Waals surface area contributed by atoms with Crippen molar-refractivity contribution in [3.8, 4) is 0 Å². The maximum Gasteiger partial charge on any atom is 0.135 e. The van der Waals surface area contributed by atoms with E-state index in [2.05, 4.69) is 27.7 Å². The molecular formula is C13H30O. The van der Waals surface area contributed by atoms with Crippen LogP contribution in [-0.2, 0) is 4.79 Å². The van der Waals surface area contributed by atoms with Gasteiger partial charge in [-0.25, -0.2) is 0 Å². The summed E-state index contributed by atoms with van der Waals surface area (Å²) in [7, 11) is 0. The van der Waals surface area contributed by atoms with Crippen molar-refractivity contribution in [2.24, 2.45) is 5.41 Å². The van der Waals surface area contributed by atoms with Gasteiger partial charge in [-0.1, -0.05) is 61.3 Å². The quantitative estimate of drug-likeness (QED) is 0.626. The first-order valence-corrected chi connectivity index (χ1v) is 5.84. The van der Waals surface area contributed by atoms with Crippen molar-refractivity contribution in [2.45, 2.75) is 74.7 Å². The van der Waals surface area contributed by atoms with Gasteiger partial charge in [-0.3, -0.25) is 4.79 Å². The van der Waals surface area contributed by atoms with Crippen molar-refractivity contribution >= 4 is 5.78 Å². The van der Waals surface area contributed by atoms with Crippen LogP contribution in [0.5, 0.6) is 0 Å². The molecule has 0 saturated carbocycles. The molecule has 1 heteroatoms. The maximum absolute atomic E-state index is 10.7. The van der Waals surface area contributed by atoms with Gasteiger partial charge in [0.25, 0.3) is 0 Å². The van der Waals surface area contributed by atoms with Crippen LogP contribution in [0.2, 0.25) is 0 Å². The maximum atomic E-state index is 10.7. The number of carbonyl (C=O) groups excluding carboxylic acids is 1. The number of carbonyl (C=O) groups is 1. The average molecular weight is 202 g/mol. The molecule has 0 bridgehead atoms. The molecule has 1 nitrogen and oxygen atoms in total. The Hall–Kier alpha value is -0.330. The van der Waals surface area contributed by atoms with Crippen LogP contribution in [-0.4, -0.2) is 5.78 Å². The Kier molecular flexibility index (Phi) is 17.4. The summed E-state index contributed by atoms with van der Waals surface area (Å²) in [5, 5.41) is 0. The highest BCUT2D eigenvalue weighted by molar-refractivity contribution is 5.81. The molecule has 0 aliphatic carbocycles. The van der Waals surface area contributed by atoms with E-state index < -0.39 is 0 Å². The number of Topliss-reactive ketones (excluding diaryl/α,β-unsaturated/α-hetero) is 1. The van der Waals surface area contributed by atoms with Gasteiger partial charge in [0, 0.05) is 5.41 Å². The van der Waals surface area contributed by atoms with Gasteiger partial charge in [-0.2, -0.15) is 0 Å². The van der Waals surface area contributed by atoms with Gasteiger partial charge in [0.15, 0.2) is 0 Å². The predicted octanol–water partition coefficient (Wildman–Crippen LogP) is 4.84. The van der Waals surface area contributed by atoms with Crippen molar-refractivity contribution in [3.05, 3.63) is 0 Å². The highest BCUT2D eigenvalue weighted by Gasteiger charge is 2.19. The molecule has 0 N–H and O–H groups in total. The van der Waals surface area contributed by atoms with Gasteiger partial charge < -0.3 is 0 Å². The van der Waals surface area contributed by atoms with Crippen LogP contribution in [0.15, 0.2) is 0 Å². The highest BCUT2D eigenvalue weighted by atomic mass is 16.1. The third-order valence-electron chi connectivity index (χ3n) is 1.84. The third-order valence-corrected chi connectivity index (χ3v) is 1.84. The molecule has 0 aromatic heterocycles. The molecule has 0 aromatic carbocycles. The minimum atomic E-state index is -0.0972. The molecule has 0 heterocycles. The summed E-state index contributed by atoms with van der Waals surface area (Å²) in [5.74, 6) is 0.278. The van der Waals surface area contributed by atoms with Crippen molar-refractivity contribution in [1.29, 1.82) is 0 Å². The summed E-state index contributed by atoms with van der Waals surface area (Å²) in [6.45, 7) is 16.1. The monoisotopic (exact) mass is 202 g/mol. The molecule has 0 aliphatic heterocycles. The van der Waals surface area contributed by atoms with Crippen LogP contribution in [0.3, 0.4) is 0 Å². The van der Waals surface area contributed by atoms with Crippen LogP contribution >= 0.6 is 0 Å². The van der Waals surface area contributed by atoms with Crippen LogP contribution in [0.25, 0.3) is 0 Å². The van der Waals surface area contributed by atoms with Crippen LogP contribution in [0.1, 0.15) is 74.7 Å². The number of hydrogen-bond donors (Lipinski definition) is 0. The molecule has 0 spiro atoms. The Balaban J connectivity index is -0.000000168. The lowest BCUT2D eigenvalue weighted by Gasteiger charge is -2.17. The molecule has 0 aromatic rings. The number of ketones is 1. The summed E-state index contributed by atoms with van der Waals surface area (Å²) < 4.78 is 0. The molecule has 0 saturated heterocycles. The smallest absolute Gasteiger partial charge is 0.135 e. The van der Waals surface area contributed by atoms with Crippen molar-refractivity contribution < 1.29 is 4.79 Å². The summed E-state index contributed by atoms with van der Waals surface area (Å²) in [4.78, 5) is 10.7. The van der Waals surface area contributed by atoms with Crippen LogP contribution < -0.4 is 0 Å². The first-order valence-electron chi connectivity index (χ1n) is 5.84. The largest absolute Gasteiger partial charge is 0.299 e. The van der Waals surface area contributed by atoms with E-state index in [1.807, 2.05) is 20.8 Å². The molecule has 0 atom stereocenters. The molecule has 0 unspecified atom stereocenters. The van der Waals surface area contributed by atoms with Gasteiger partial charge in [-0.05, 0) is 13.3 Å². The topological polar surface area (TPSA) is 17.1 Å². The summed E-state index contributed by atoms with van der Waals surface area (Å²) in [6, 6.07) is 0. The van der Waals surface area contributed by atoms with Gasteiger partial charge in [0.1, 0.15) is 5.78 Å². The minimum Gasteiger partial charge on any atom is -0.299 e. The van der Waals surface area contributed by atoms with Gasteiger partial charge in [0.05, 0.1) is 0 Å². The predicted molar refractivity (Wildman–Crippen MR) is 66.7 cm³/mol. The average Bonchev–Trinajstić information content (AvgIpc) is 2.07. The fourth-order valence-electron chi connectivity index (χ4n) is 0.249. The first-order chi connectivity index (χ1) is 6.33. The normalized spacial score (nSPS) is 9.14. The summed E-state index contributed by atoms with van der Waals surface area (Å²) >= 11 is 0. The Morgan fingerprint density at radius 3 is 1.14 bits per heavy atom. The standard InChI is InChI=1S/C7H14O.2C3H8/c1-5-7(3,4)6(2)8;2*1-3-2/h5H2,1-4H3;2*3H2,1-2H3. The van der Waals surface area contributed by atoms with E-state index in [0.29, 0.717) is 0 Å². The molecule has 0 radical (unpaired) electrons. The summed E-state index contributed by atoms with van der Waals surface area (Å²) in [6.07, 6.45) is 3.43. The van der Waals surface area contributed by atoms with Crippen molar-refractivity contribution in [3.63, 3.8) is 0 Å².